The lowest BCUT2D eigenvalue weighted by Crippen LogP contribution is -2.58. The zero-order valence-electron chi connectivity index (χ0n) is 16.5. The van der Waals surface area contributed by atoms with Crippen molar-refractivity contribution in [1.29, 1.82) is 0 Å². The molecule has 6 unspecified atom stereocenters. The molecule has 4 N–H and O–H groups in total. The third kappa shape index (κ3) is 4.00. The van der Waals surface area contributed by atoms with Crippen molar-refractivity contribution < 1.29 is 44.2 Å². The lowest BCUT2D eigenvalue weighted by molar-refractivity contribution is -0.268. The number of aromatic hydroxyl groups is 1. The third-order valence-electron chi connectivity index (χ3n) is 5.46. The van der Waals surface area contributed by atoms with Gasteiger partial charge in [0.15, 0.2) is 5.78 Å². The monoisotopic (exact) mass is 430 g/mol. The van der Waals surface area contributed by atoms with Crippen LogP contribution in [-0.2, 0) is 4.74 Å². The van der Waals surface area contributed by atoms with E-state index in [0.29, 0.717) is 11.8 Å². The maximum Gasteiger partial charge on any atom is 0.229 e. The minimum Gasteiger partial charge on any atom is -0.508 e. The number of rotatable bonds is 4. The molecule has 0 spiro atoms. The Hall–Kier alpha value is -2.98. The number of hydrogen-bond donors (Lipinski definition) is 4. The molecule has 0 bridgehead atoms. The van der Waals surface area contributed by atoms with Crippen LogP contribution in [-0.4, -0.2) is 63.2 Å². The first-order chi connectivity index (χ1) is 14.8. The first kappa shape index (κ1) is 21.3. The fraction of sp³-hybridized carbons (Fsp3) is 0.364. The molecule has 2 aliphatic rings. The van der Waals surface area contributed by atoms with E-state index in [1.807, 2.05) is 0 Å². The van der Waals surface area contributed by atoms with Gasteiger partial charge in [-0.15, -0.1) is 0 Å². The SMILES string of the molecule is CC1OC(Oc2cc(C=O)cc3c2C(=O)CC(c2ccc(O)cc2)O3)C(O)C(O)C1O. The fourth-order valence-electron chi connectivity index (χ4n) is 3.72. The van der Waals surface area contributed by atoms with E-state index < -0.39 is 36.8 Å². The van der Waals surface area contributed by atoms with Crippen molar-refractivity contribution in [3.63, 3.8) is 0 Å². The van der Waals surface area contributed by atoms with Crippen molar-refractivity contribution in [1.82, 2.24) is 0 Å². The zero-order chi connectivity index (χ0) is 22.3. The van der Waals surface area contributed by atoms with E-state index in [-0.39, 0.29) is 40.6 Å². The summed E-state index contributed by atoms with van der Waals surface area (Å²) in [5.41, 5.74) is 0.935. The molecule has 31 heavy (non-hydrogen) atoms. The molecule has 0 saturated carbocycles. The van der Waals surface area contributed by atoms with Gasteiger partial charge in [0, 0.05) is 5.56 Å². The van der Waals surface area contributed by atoms with Crippen LogP contribution in [0.15, 0.2) is 36.4 Å². The Morgan fingerprint density at radius 2 is 1.77 bits per heavy atom. The lowest BCUT2D eigenvalue weighted by atomic mass is 9.94. The number of carbonyl (C=O) groups excluding carboxylic acids is 2. The molecule has 2 aromatic carbocycles. The summed E-state index contributed by atoms with van der Waals surface area (Å²) in [6.45, 7) is 1.50. The van der Waals surface area contributed by atoms with Crippen molar-refractivity contribution in [3.8, 4) is 17.2 Å². The Kier molecular flexibility index (Phi) is 5.67. The Morgan fingerprint density at radius 1 is 1.06 bits per heavy atom. The van der Waals surface area contributed by atoms with Gasteiger partial charge in [-0.3, -0.25) is 9.59 Å². The van der Waals surface area contributed by atoms with Gasteiger partial charge in [-0.25, -0.2) is 0 Å². The van der Waals surface area contributed by atoms with Crippen molar-refractivity contribution in [3.05, 3.63) is 53.1 Å². The van der Waals surface area contributed by atoms with Crippen LogP contribution >= 0.6 is 0 Å². The zero-order valence-corrected chi connectivity index (χ0v) is 16.5. The molecular weight excluding hydrogens is 408 g/mol. The quantitative estimate of drug-likeness (QED) is 0.525. The molecule has 164 valence electrons. The maximum absolute atomic E-state index is 13.0. The molecular formula is C22H22O9. The molecule has 0 amide bonds. The predicted octanol–water partition coefficient (Wildman–Crippen LogP) is 1.12. The molecule has 4 rings (SSSR count). The highest BCUT2D eigenvalue weighted by atomic mass is 16.7. The van der Waals surface area contributed by atoms with E-state index in [0.717, 1.165) is 0 Å². The van der Waals surface area contributed by atoms with Gasteiger partial charge in [-0.05, 0) is 36.8 Å². The largest absolute Gasteiger partial charge is 0.508 e. The average Bonchev–Trinajstić information content (AvgIpc) is 2.75. The lowest BCUT2D eigenvalue weighted by Gasteiger charge is -2.39. The molecule has 9 heteroatoms. The summed E-state index contributed by atoms with van der Waals surface area (Å²) in [6, 6.07) is 8.99. The summed E-state index contributed by atoms with van der Waals surface area (Å²) in [4.78, 5) is 24.4. The molecule has 2 aliphatic heterocycles. The number of benzene rings is 2. The van der Waals surface area contributed by atoms with Crippen molar-refractivity contribution in [2.24, 2.45) is 0 Å². The first-order valence-electron chi connectivity index (χ1n) is 9.76. The van der Waals surface area contributed by atoms with E-state index in [1.165, 1.54) is 31.2 Å². The van der Waals surface area contributed by atoms with Crippen LogP contribution in [0.4, 0.5) is 0 Å². The van der Waals surface area contributed by atoms with Crippen molar-refractivity contribution in [2.75, 3.05) is 0 Å². The number of phenols is 1. The molecule has 1 fully saturated rings. The van der Waals surface area contributed by atoms with E-state index in [9.17, 15) is 30.0 Å². The number of ketones is 1. The van der Waals surface area contributed by atoms with Crippen molar-refractivity contribution >= 4 is 12.1 Å². The fourth-order valence-corrected chi connectivity index (χ4v) is 3.72. The summed E-state index contributed by atoms with van der Waals surface area (Å²) < 4.78 is 17.1. The highest BCUT2D eigenvalue weighted by Gasteiger charge is 2.44. The number of fused-ring (bicyclic) bond motifs is 1. The number of aliphatic hydroxyl groups is 3. The van der Waals surface area contributed by atoms with Crippen LogP contribution in [0, 0.1) is 0 Å². The molecule has 2 heterocycles. The summed E-state index contributed by atoms with van der Waals surface area (Å²) in [6.07, 6.45) is -6.67. The third-order valence-corrected chi connectivity index (χ3v) is 5.46. The second kappa shape index (κ2) is 8.27. The highest BCUT2D eigenvalue weighted by molar-refractivity contribution is 6.03. The number of ether oxygens (including phenoxy) is 3. The summed E-state index contributed by atoms with van der Waals surface area (Å²) in [5.74, 6) is -0.134. The predicted molar refractivity (Wildman–Crippen MR) is 105 cm³/mol. The second-order valence-electron chi connectivity index (χ2n) is 7.63. The van der Waals surface area contributed by atoms with E-state index in [1.54, 1.807) is 12.1 Å². The van der Waals surface area contributed by atoms with E-state index in [2.05, 4.69) is 0 Å². The molecule has 1 saturated heterocycles. The second-order valence-corrected chi connectivity index (χ2v) is 7.63. The summed E-state index contributed by atoms with van der Waals surface area (Å²) in [7, 11) is 0. The first-order valence-corrected chi connectivity index (χ1v) is 9.76. The average molecular weight is 430 g/mol. The van der Waals surface area contributed by atoms with Crippen LogP contribution in [0.2, 0.25) is 0 Å². The Labute approximate surface area is 177 Å². The smallest absolute Gasteiger partial charge is 0.229 e. The minimum atomic E-state index is -1.58. The van der Waals surface area contributed by atoms with Crippen LogP contribution in [0.3, 0.4) is 0 Å². The van der Waals surface area contributed by atoms with Crippen LogP contribution < -0.4 is 9.47 Å². The Bertz CT molecular complexity index is 987. The van der Waals surface area contributed by atoms with Crippen molar-refractivity contribution in [2.45, 2.75) is 50.2 Å². The molecule has 9 nitrogen and oxygen atoms in total. The maximum atomic E-state index is 13.0. The molecule has 0 radical (unpaired) electrons. The molecule has 0 aromatic heterocycles. The normalized spacial score (nSPS) is 30.3. The van der Waals surface area contributed by atoms with E-state index >= 15 is 0 Å². The summed E-state index contributed by atoms with van der Waals surface area (Å²) >= 11 is 0. The number of Topliss-reactive ketones (excluding diaryl/α,β-unsaturated/α-hetero) is 1. The Morgan fingerprint density at radius 3 is 2.45 bits per heavy atom. The number of phenolic OH excluding ortho intramolecular Hbond substituents is 1. The van der Waals surface area contributed by atoms with Gasteiger partial charge < -0.3 is 34.6 Å². The van der Waals surface area contributed by atoms with Gasteiger partial charge in [0.1, 0.15) is 53.5 Å². The number of carbonyl (C=O) groups is 2. The van der Waals surface area contributed by atoms with Crippen LogP contribution in [0.1, 0.15) is 45.7 Å². The molecule has 2 aromatic rings. The highest BCUT2D eigenvalue weighted by Crippen LogP contribution is 2.41. The molecule has 6 atom stereocenters. The van der Waals surface area contributed by atoms with E-state index in [4.69, 9.17) is 14.2 Å². The van der Waals surface area contributed by atoms with Gasteiger partial charge in [0.25, 0.3) is 0 Å². The standard InChI is InChI=1S/C22H22O9/c1-10-19(26)20(27)21(28)22(29-10)31-17-7-11(9-23)6-16-18(17)14(25)8-15(30-16)12-2-4-13(24)5-3-12/h2-7,9-10,15,19-22,24,26-28H,8H2,1H3. The minimum absolute atomic E-state index is 0.0135. The number of hydrogen-bond acceptors (Lipinski definition) is 9. The topological polar surface area (TPSA) is 143 Å². The molecule has 0 aliphatic carbocycles. The van der Waals surface area contributed by atoms with Gasteiger partial charge in [-0.2, -0.15) is 0 Å². The summed E-state index contributed by atoms with van der Waals surface area (Å²) in [5, 5.41) is 39.6. The number of aliphatic hydroxyl groups excluding tert-OH is 3. The number of aldehydes is 1. The van der Waals surface area contributed by atoms with Gasteiger partial charge in [0.05, 0.1) is 12.5 Å². The van der Waals surface area contributed by atoms with Crippen LogP contribution in [0.25, 0.3) is 0 Å². The Balaban J connectivity index is 1.67. The van der Waals surface area contributed by atoms with Gasteiger partial charge in [-0.1, -0.05) is 12.1 Å². The van der Waals surface area contributed by atoms with Crippen LogP contribution in [0.5, 0.6) is 17.2 Å². The van der Waals surface area contributed by atoms with Gasteiger partial charge in [0.2, 0.25) is 6.29 Å². The van der Waals surface area contributed by atoms with Gasteiger partial charge >= 0.3 is 0 Å².